The van der Waals surface area contributed by atoms with Crippen LogP contribution in [0.1, 0.15) is 28.9 Å². The van der Waals surface area contributed by atoms with Crippen molar-refractivity contribution in [3.63, 3.8) is 0 Å². The maximum absolute atomic E-state index is 13.4. The van der Waals surface area contributed by atoms with Gasteiger partial charge in [0.1, 0.15) is 0 Å². The molecular weight excluding hydrogens is 386 g/mol. The van der Waals surface area contributed by atoms with Crippen LogP contribution in [0.5, 0.6) is 0 Å². The van der Waals surface area contributed by atoms with Gasteiger partial charge in [0.15, 0.2) is 11.6 Å². The summed E-state index contributed by atoms with van der Waals surface area (Å²) in [5.74, 6) is -2.26. The zero-order valence-electron chi connectivity index (χ0n) is 15.6. The second-order valence-electron chi connectivity index (χ2n) is 6.00. The Balaban J connectivity index is 2.01. The van der Waals surface area contributed by atoms with E-state index in [1.165, 1.54) is 17.8 Å². The van der Waals surface area contributed by atoms with Crippen LogP contribution in [-0.2, 0) is 9.53 Å². The molecule has 0 spiro atoms. The lowest BCUT2D eigenvalue weighted by Gasteiger charge is -2.16. The Labute approximate surface area is 166 Å². The summed E-state index contributed by atoms with van der Waals surface area (Å²) in [6, 6.07) is 9.90. The molecule has 2 N–H and O–H groups in total. The fourth-order valence-corrected chi connectivity index (χ4v) is 3.29. The molecule has 0 saturated carbocycles. The third-order valence-electron chi connectivity index (χ3n) is 3.91. The average Bonchev–Trinajstić information content (AvgIpc) is 2.68. The van der Waals surface area contributed by atoms with Crippen LogP contribution in [0.25, 0.3) is 0 Å². The minimum atomic E-state index is -0.964. The van der Waals surface area contributed by atoms with Crippen molar-refractivity contribution in [2.24, 2.45) is 0 Å². The lowest BCUT2D eigenvalue weighted by Crippen LogP contribution is -2.29. The summed E-state index contributed by atoms with van der Waals surface area (Å²) in [6.07, 6.45) is 0. The van der Waals surface area contributed by atoms with E-state index in [-0.39, 0.29) is 17.6 Å². The van der Waals surface area contributed by atoms with Gasteiger partial charge >= 0.3 is 0 Å². The fraction of sp³-hybridized carbons (Fsp3) is 0.300. The summed E-state index contributed by atoms with van der Waals surface area (Å²) < 4.78 is 31.4. The van der Waals surface area contributed by atoms with Crippen LogP contribution in [0.4, 0.5) is 8.78 Å². The third-order valence-corrected chi connectivity index (χ3v) is 4.98. The monoisotopic (exact) mass is 408 g/mol. The van der Waals surface area contributed by atoms with Crippen molar-refractivity contribution >= 4 is 23.6 Å². The Morgan fingerprint density at radius 2 is 1.89 bits per heavy atom. The highest BCUT2D eigenvalue weighted by molar-refractivity contribution is 8.00. The first-order valence-corrected chi connectivity index (χ1v) is 9.64. The number of methoxy groups -OCH3 is 1. The number of amides is 2. The van der Waals surface area contributed by atoms with Crippen molar-refractivity contribution in [1.82, 2.24) is 10.6 Å². The Morgan fingerprint density at radius 3 is 2.61 bits per heavy atom. The van der Waals surface area contributed by atoms with Crippen molar-refractivity contribution in [1.29, 1.82) is 0 Å². The van der Waals surface area contributed by atoms with Crippen molar-refractivity contribution < 1.29 is 23.1 Å². The van der Waals surface area contributed by atoms with Gasteiger partial charge in [-0.3, -0.25) is 9.59 Å². The largest absolute Gasteiger partial charge is 0.383 e. The van der Waals surface area contributed by atoms with Gasteiger partial charge in [-0.2, -0.15) is 0 Å². The molecule has 5 nitrogen and oxygen atoms in total. The predicted octanol–water partition coefficient (Wildman–Crippen LogP) is 3.31. The van der Waals surface area contributed by atoms with Crippen LogP contribution < -0.4 is 10.6 Å². The average molecular weight is 408 g/mol. The molecule has 8 heteroatoms. The summed E-state index contributed by atoms with van der Waals surface area (Å²) in [4.78, 5) is 25.1. The van der Waals surface area contributed by atoms with Crippen LogP contribution >= 0.6 is 11.8 Å². The SMILES string of the molecule is COCCNC(=O)CSc1ccccc1C(=O)NC(C)c1ccc(F)c(F)c1. The minimum Gasteiger partial charge on any atom is -0.383 e. The van der Waals surface area contributed by atoms with E-state index in [9.17, 15) is 18.4 Å². The van der Waals surface area contributed by atoms with Crippen molar-refractivity contribution in [2.45, 2.75) is 17.9 Å². The Kier molecular flexibility index (Phi) is 8.41. The van der Waals surface area contributed by atoms with Gasteiger partial charge in [0.05, 0.1) is 24.0 Å². The summed E-state index contributed by atoms with van der Waals surface area (Å²) in [5.41, 5.74) is 0.863. The number of carbonyl (C=O) groups is 2. The zero-order valence-corrected chi connectivity index (χ0v) is 16.4. The first-order chi connectivity index (χ1) is 13.4. The highest BCUT2D eigenvalue weighted by Gasteiger charge is 2.16. The van der Waals surface area contributed by atoms with Crippen molar-refractivity contribution in [2.75, 3.05) is 26.0 Å². The molecular formula is C20H22F2N2O3S. The van der Waals surface area contributed by atoms with E-state index in [0.29, 0.717) is 29.2 Å². The van der Waals surface area contributed by atoms with E-state index in [1.54, 1.807) is 38.3 Å². The Morgan fingerprint density at radius 1 is 1.14 bits per heavy atom. The Hall–Kier alpha value is -2.45. The molecule has 0 fully saturated rings. The fourth-order valence-electron chi connectivity index (χ4n) is 2.41. The topological polar surface area (TPSA) is 67.4 Å². The molecule has 2 aromatic rings. The molecule has 0 aliphatic heterocycles. The smallest absolute Gasteiger partial charge is 0.252 e. The number of benzene rings is 2. The molecule has 150 valence electrons. The quantitative estimate of drug-likeness (QED) is 0.494. The molecule has 2 rings (SSSR count). The molecule has 1 atom stereocenters. The van der Waals surface area contributed by atoms with Gasteiger partial charge in [0, 0.05) is 18.6 Å². The highest BCUT2D eigenvalue weighted by Crippen LogP contribution is 2.24. The summed E-state index contributed by atoms with van der Waals surface area (Å²) in [7, 11) is 1.55. The number of carbonyl (C=O) groups excluding carboxylic acids is 2. The number of nitrogens with one attached hydrogen (secondary N) is 2. The van der Waals surface area contributed by atoms with Crippen molar-refractivity contribution in [3.05, 3.63) is 65.2 Å². The lowest BCUT2D eigenvalue weighted by atomic mass is 10.1. The van der Waals surface area contributed by atoms with Crippen LogP contribution in [-0.4, -0.2) is 37.8 Å². The molecule has 1 unspecified atom stereocenters. The standard InChI is InChI=1S/C20H22F2N2O3S/c1-13(14-7-8-16(21)17(22)11-14)24-20(26)15-5-3-4-6-18(15)28-12-19(25)23-9-10-27-2/h3-8,11,13H,9-10,12H2,1-2H3,(H,23,25)(H,24,26). The van der Waals surface area contributed by atoms with Crippen LogP contribution in [0.2, 0.25) is 0 Å². The number of hydrogen-bond acceptors (Lipinski definition) is 4. The van der Waals surface area contributed by atoms with E-state index in [4.69, 9.17) is 4.74 Å². The van der Waals surface area contributed by atoms with Gasteiger partial charge in [-0.1, -0.05) is 18.2 Å². The molecule has 0 aliphatic rings. The maximum Gasteiger partial charge on any atom is 0.252 e. The van der Waals surface area contributed by atoms with Gasteiger partial charge in [0.25, 0.3) is 5.91 Å². The molecule has 2 aromatic carbocycles. The number of hydrogen-bond donors (Lipinski definition) is 2. The van der Waals surface area contributed by atoms with E-state index in [2.05, 4.69) is 10.6 Å². The second-order valence-corrected chi connectivity index (χ2v) is 7.01. The van der Waals surface area contributed by atoms with Gasteiger partial charge < -0.3 is 15.4 Å². The normalized spacial score (nSPS) is 11.7. The first kappa shape index (κ1) is 21.8. The summed E-state index contributed by atoms with van der Waals surface area (Å²) >= 11 is 1.25. The first-order valence-electron chi connectivity index (χ1n) is 8.65. The minimum absolute atomic E-state index is 0.159. The highest BCUT2D eigenvalue weighted by atomic mass is 32.2. The number of thioether (sulfide) groups is 1. The molecule has 0 aromatic heterocycles. The second kappa shape index (κ2) is 10.8. The van der Waals surface area contributed by atoms with Gasteiger partial charge in [-0.25, -0.2) is 8.78 Å². The predicted molar refractivity (Wildman–Crippen MR) is 104 cm³/mol. The molecule has 0 saturated heterocycles. The molecule has 2 amide bonds. The van der Waals surface area contributed by atoms with Gasteiger partial charge in [-0.05, 0) is 36.8 Å². The molecule has 0 heterocycles. The molecule has 0 radical (unpaired) electrons. The van der Waals surface area contributed by atoms with Crippen LogP contribution in [0, 0.1) is 11.6 Å². The Bertz CT molecular complexity index is 833. The van der Waals surface area contributed by atoms with Crippen molar-refractivity contribution in [3.8, 4) is 0 Å². The summed E-state index contributed by atoms with van der Waals surface area (Å²) in [5, 5.41) is 5.49. The van der Waals surface area contributed by atoms with Gasteiger partial charge in [-0.15, -0.1) is 11.8 Å². The van der Waals surface area contributed by atoms with Gasteiger partial charge in [0.2, 0.25) is 5.91 Å². The number of halogens is 2. The zero-order chi connectivity index (χ0) is 20.5. The third kappa shape index (κ3) is 6.31. The van der Waals surface area contributed by atoms with E-state index in [0.717, 1.165) is 12.1 Å². The van der Waals surface area contributed by atoms with E-state index >= 15 is 0 Å². The summed E-state index contributed by atoms with van der Waals surface area (Å²) in [6.45, 7) is 2.53. The lowest BCUT2D eigenvalue weighted by molar-refractivity contribution is -0.118. The van der Waals surface area contributed by atoms with Crippen LogP contribution in [0.3, 0.4) is 0 Å². The molecule has 28 heavy (non-hydrogen) atoms. The van der Waals surface area contributed by atoms with E-state index < -0.39 is 17.7 Å². The van der Waals surface area contributed by atoms with E-state index in [1.807, 2.05) is 0 Å². The maximum atomic E-state index is 13.4. The number of rotatable bonds is 9. The molecule has 0 aliphatic carbocycles. The number of ether oxygens (including phenoxy) is 1. The van der Waals surface area contributed by atoms with Crippen LogP contribution in [0.15, 0.2) is 47.4 Å². The molecule has 0 bridgehead atoms.